The van der Waals surface area contributed by atoms with Crippen molar-refractivity contribution in [3.05, 3.63) is 18.2 Å². The van der Waals surface area contributed by atoms with E-state index < -0.39 is 0 Å². The first kappa shape index (κ1) is 10.3. The second-order valence-electron chi connectivity index (χ2n) is 3.03. The molecule has 0 bridgehead atoms. The van der Waals surface area contributed by atoms with Gasteiger partial charge in [0.25, 0.3) is 5.89 Å². The molecule has 0 atom stereocenters. The molecule has 1 aromatic carbocycles. The minimum Gasteiger partial charge on any atom is -0.495 e. The lowest BCUT2D eigenvalue weighted by atomic mass is 10.2. The molecule has 6 nitrogen and oxygen atoms in total. The number of rotatable bonds is 3. The minimum atomic E-state index is 0.116. The molecule has 2 rings (SSSR count). The van der Waals surface area contributed by atoms with Crippen molar-refractivity contribution in [2.24, 2.45) is 0 Å². The van der Waals surface area contributed by atoms with Gasteiger partial charge in [0.2, 0.25) is 0 Å². The summed E-state index contributed by atoms with van der Waals surface area (Å²) in [5.41, 5.74) is 6.97. The van der Waals surface area contributed by atoms with Crippen LogP contribution < -0.4 is 15.2 Å². The zero-order valence-electron chi connectivity index (χ0n) is 8.93. The number of nitrogen functional groups attached to an aromatic ring is 1. The van der Waals surface area contributed by atoms with Crippen LogP contribution in [0.5, 0.6) is 11.8 Å². The van der Waals surface area contributed by atoms with Gasteiger partial charge in [-0.2, -0.15) is 0 Å². The normalized spacial score (nSPS) is 10.1. The summed E-state index contributed by atoms with van der Waals surface area (Å²) in [5, 5.41) is 7.50. The van der Waals surface area contributed by atoms with Crippen LogP contribution in [-0.4, -0.2) is 24.4 Å². The van der Waals surface area contributed by atoms with E-state index in [0.29, 0.717) is 17.3 Å². The number of ether oxygens (including phenoxy) is 2. The average Bonchev–Trinajstić information content (AvgIpc) is 2.78. The predicted octanol–water partition coefficient (Wildman–Crippen LogP) is 1.34. The first-order valence-corrected chi connectivity index (χ1v) is 4.56. The Labute approximate surface area is 92.0 Å². The summed E-state index contributed by atoms with van der Waals surface area (Å²) < 4.78 is 15.1. The molecule has 0 aliphatic carbocycles. The molecule has 16 heavy (non-hydrogen) atoms. The Morgan fingerprint density at radius 1 is 1.19 bits per heavy atom. The van der Waals surface area contributed by atoms with Crippen LogP contribution in [-0.2, 0) is 0 Å². The third-order valence-corrected chi connectivity index (χ3v) is 2.06. The Balaban J connectivity index is 2.40. The fourth-order valence-electron chi connectivity index (χ4n) is 1.25. The number of aromatic nitrogens is 2. The molecular formula is C10H11N3O3. The molecule has 6 heteroatoms. The smallest absolute Gasteiger partial charge is 0.414 e. The number of hydrogen-bond acceptors (Lipinski definition) is 6. The van der Waals surface area contributed by atoms with Crippen molar-refractivity contribution in [2.45, 2.75) is 0 Å². The van der Waals surface area contributed by atoms with Crippen LogP contribution in [0.1, 0.15) is 0 Å². The SMILES string of the molecule is COc1nnc(-c2ccc(N)c(OC)c2)o1. The second-order valence-corrected chi connectivity index (χ2v) is 3.03. The maximum Gasteiger partial charge on any atom is 0.414 e. The van der Waals surface area contributed by atoms with Crippen molar-refractivity contribution >= 4 is 5.69 Å². The summed E-state index contributed by atoms with van der Waals surface area (Å²) in [6.45, 7) is 0. The van der Waals surface area contributed by atoms with Crippen LogP contribution in [0.25, 0.3) is 11.5 Å². The number of methoxy groups -OCH3 is 2. The number of anilines is 1. The van der Waals surface area contributed by atoms with Gasteiger partial charge in [0.15, 0.2) is 0 Å². The van der Waals surface area contributed by atoms with Gasteiger partial charge in [-0.25, -0.2) is 0 Å². The molecule has 0 spiro atoms. The molecule has 1 heterocycles. The number of nitrogens with two attached hydrogens (primary N) is 1. The number of nitrogens with zero attached hydrogens (tertiary/aromatic N) is 2. The third kappa shape index (κ3) is 1.77. The van der Waals surface area contributed by atoms with E-state index in [1.165, 1.54) is 7.11 Å². The van der Waals surface area contributed by atoms with Crippen molar-refractivity contribution in [3.8, 4) is 23.3 Å². The molecular weight excluding hydrogens is 210 g/mol. The molecule has 0 aliphatic heterocycles. The molecule has 0 radical (unpaired) electrons. The summed E-state index contributed by atoms with van der Waals surface area (Å²) in [5.74, 6) is 0.921. The van der Waals surface area contributed by atoms with E-state index in [1.54, 1.807) is 25.3 Å². The molecule has 84 valence electrons. The Kier molecular flexibility index (Phi) is 2.63. The molecule has 2 N–H and O–H groups in total. The lowest BCUT2D eigenvalue weighted by Gasteiger charge is -2.04. The zero-order valence-corrected chi connectivity index (χ0v) is 8.93. The van der Waals surface area contributed by atoms with Crippen molar-refractivity contribution in [3.63, 3.8) is 0 Å². The van der Waals surface area contributed by atoms with Gasteiger partial charge in [-0.1, -0.05) is 5.10 Å². The lowest BCUT2D eigenvalue weighted by molar-refractivity contribution is 0.293. The van der Waals surface area contributed by atoms with Gasteiger partial charge in [-0.3, -0.25) is 0 Å². The fourth-order valence-corrected chi connectivity index (χ4v) is 1.25. The first-order valence-electron chi connectivity index (χ1n) is 4.56. The molecule has 2 aromatic rings. The Bertz CT molecular complexity index is 496. The van der Waals surface area contributed by atoms with Crippen molar-refractivity contribution in [1.29, 1.82) is 0 Å². The minimum absolute atomic E-state index is 0.116. The standard InChI is InChI=1S/C10H11N3O3/c1-14-8-5-6(3-4-7(8)11)9-12-13-10(15-2)16-9/h3-5H,11H2,1-2H3. The maximum atomic E-state index is 5.69. The number of benzene rings is 1. The van der Waals surface area contributed by atoms with Crippen molar-refractivity contribution in [2.75, 3.05) is 20.0 Å². The van der Waals surface area contributed by atoms with Gasteiger partial charge in [0, 0.05) is 5.56 Å². The highest BCUT2D eigenvalue weighted by molar-refractivity contribution is 5.64. The average molecular weight is 221 g/mol. The van der Waals surface area contributed by atoms with E-state index in [9.17, 15) is 0 Å². The predicted molar refractivity (Wildman–Crippen MR) is 57.3 cm³/mol. The van der Waals surface area contributed by atoms with Crippen LogP contribution in [0.4, 0.5) is 5.69 Å². The van der Waals surface area contributed by atoms with Crippen LogP contribution in [0.3, 0.4) is 0 Å². The van der Waals surface area contributed by atoms with E-state index in [4.69, 9.17) is 19.6 Å². The highest BCUT2D eigenvalue weighted by Gasteiger charge is 2.10. The molecule has 1 aromatic heterocycles. The van der Waals surface area contributed by atoms with Gasteiger partial charge < -0.3 is 19.6 Å². The largest absolute Gasteiger partial charge is 0.495 e. The summed E-state index contributed by atoms with van der Waals surface area (Å²) >= 11 is 0. The lowest BCUT2D eigenvalue weighted by Crippen LogP contribution is -1.92. The van der Waals surface area contributed by atoms with Crippen molar-refractivity contribution < 1.29 is 13.9 Å². The summed E-state index contributed by atoms with van der Waals surface area (Å²) in [6.07, 6.45) is 0.116. The quantitative estimate of drug-likeness (QED) is 0.787. The summed E-state index contributed by atoms with van der Waals surface area (Å²) in [7, 11) is 3.00. The second kappa shape index (κ2) is 4.09. The van der Waals surface area contributed by atoms with Gasteiger partial charge in [-0.15, -0.1) is 5.10 Å². The Morgan fingerprint density at radius 2 is 2.00 bits per heavy atom. The number of hydrogen-bond donors (Lipinski definition) is 1. The highest BCUT2D eigenvalue weighted by atomic mass is 16.6. The van der Waals surface area contributed by atoms with Crippen LogP contribution >= 0.6 is 0 Å². The van der Waals surface area contributed by atoms with Crippen LogP contribution in [0, 0.1) is 0 Å². The summed E-state index contributed by atoms with van der Waals surface area (Å²) in [6, 6.07) is 5.21. The van der Waals surface area contributed by atoms with E-state index in [1.807, 2.05) is 0 Å². The zero-order chi connectivity index (χ0) is 11.5. The Hall–Kier alpha value is -2.24. The summed E-state index contributed by atoms with van der Waals surface area (Å²) in [4.78, 5) is 0. The van der Waals surface area contributed by atoms with E-state index in [0.717, 1.165) is 5.56 Å². The highest BCUT2D eigenvalue weighted by Crippen LogP contribution is 2.28. The fraction of sp³-hybridized carbons (Fsp3) is 0.200. The van der Waals surface area contributed by atoms with Crippen molar-refractivity contribution in [1.82, 2.24) is 10.2 Å². The van der Waals surface area contributed by atoms with Gasteiger partial charge in [-0.05, 0) is 18.2 Å². The van der Waals surface area contributed by atoms with E-state index in [2.05, 4.69) is 10.2 Å². The third-order valence-electron chi connectivity index (χ3n) is 2.06. The Morgan fingerprint density at radius 3 is 2.62 bits per heavy atom. The van der Waals surface area contributed by atoms with Gasteiger partial charge in [0.1, 0.15) is 5.75 Å². The molecule has 0 amide bonds. The monoisotopic (exact) mass is 221 g/mol. The molecule has 0 saturated carbocycles. The first-order chi connectivity index (χ1) is 7.74. The molecule has 0 saturated heterocycles. The van der Waals surface area contributed by atoms with E-state index in [-0.39, 0.29) is 6.08 Å². The maximum absolute atomic E-state index is 5.69. The molecule has 0 unspecified atom stereocenters. The topological polar surface area (TPSA) is 83.4 Å². The van der Waals surface area contributed by atoms with E-state index >= 15 is 0 Å². The van der Waals surface area contributed by atoms with Crippen LogP contribution in [0.15, 0.2) is 22.6 Å². The van der Waals surface area contributed by atoms with Gasteiger partial charge >= 0.3 is 6.08 Å². The van der Waals surface area contributed by atoms with Crippen LogP contribution in [0.2, 0.25) is 0 Å². The van der Waals surface area contributed by atoms with Gasteiger partial charge in [0.05, 0.1) is 19.9 Å². The molecule has 0 aliphatic rings. The molecule has 0 fully saturated rings.